The smallest absolute Gasteiger partial charge is 0.193 e. The molecule has 4 rings (SSSR count). The highest BCUT2D eigenvalue weighted by molar-refractivity contribution is 5.80. The van der Waals surface area contributed by atoms with E-state index in [9.17, 15) is 0 Å². The van der Waals surface area contributed by atoms with Crippen LogP contribution in [0.15, 0.2) is 45.9 Å². The number of guanidine groups is 1. The number of pyridine rings is 1. The Bertz CT molecular complexity index is 810. The Balaban J connectivity index is 1.36. The zero-order valence-electron chi connectivity index (χ0n) is 18.0. The lowest BCUT2D eigenvalue weighted by Crippen LogP contribution is -2.54. The summed E-state index contributed by atoms with van der Waals surface area (Å²) >= 11 is 0. The molecule has 0 spiro atoms. The molecule has 0 saturated carbocycles. The van der Waals surface area contributed by atoms with Crippen molar-refractivity contribution in [2.24, 2.45) is 4.99 Å². The molecule has 1 atom stereocenters. The lowest BCUT2D eigenvalue weighted by molar-refractivity contribution is 0.0123. The van der Waals surface area contributed by atoms with Crippen molar-refractivity contribution in [3.8, 4) is 0 Å². The number of aliphatic imine (C=N–C) groups is 1. The molecule has 0 bridgehead atoms. The Morgan fingerprint density at radius 1 is 1.10 bits per heavy atom. The van der Waals surface area contributed by atoms with Crippen LogP contribution in [0.25, 0.3) is 0 Å². The van der Waals surface area contributed by atoms with Crippen LogP contribution in [0.1, 0.15) is 17.6 Å². The van der Waals surface area contributed by atoms with E-state index in [0.29, 0.717) is 0 Å². The van der Waals surface area contributed by atoms with Crippen LogP contribution < -0.4 is 10.2 Å². The molecule has 8 nitrogen and oxygen atoms in total. The number of rotatable bonds is 5. The molecule has 1 N–H and O–H groups in total. The number of nitrogens with one attached hydrogen (secondary N) is 1. The first-order valence-electron chi connectivity index (χ1n) is 10.7. The summed E-state index contributed by atoms with van der Waals surface area (Å²) in [6.07, 6.45) is 1.85. The molecule has 0 aliphatic carbocycles. The maximum atomic E-state index is 5.98. The molecular formula is C22H32N6O2. The van der Waals surface area contributed by atoms with Crippen LogP contribution in [0.2, 0.25) is 0 Å². The number of hydrogen-bond acceptors (Lipinski definition) is 6. The highest BCUT2D eigenvalue weighted by Crippen LogP contribution is 2.23. The van der Waals surface area contributed by atoms with Crippen molar-refractivity contribution in [3.05, 3.63) is 48.0 Å². The SMILES string of the molecule is CN=C(NCC(c1ccc(C)o1)N1CCOCC1)N1CCN(c2ccccn2)CC1. The van der Waals surface area contributed by atoms with E-state index in [1.54, 1.807) is 0 Å². The van der Waals surface area contributed by atoms with Gasteiger partial charge in [-0.15, -0.1) is 0 Å². The van der Waals surface area contributed by atoms with Crippen molar-refractivity contribution in [3.63, 3.8) is 0 Å². The number of furan rings is 1. The van der Waals surface area contributed by atoms with E-state index in [1.165, 1.54) is 0 Å². The van der Waals surface area contributed by atoms with Crippen molar-refractivity contribution >= 4 is 11.8 Å². The second-order valence-electron chi connectivity index (χ2n) is 7.70. The number of anilines is 1. The number of morpholine rings is 1. The predicted molar refractivity (Wildman–Crippen MR) is 118 cm³/mol. The minimum atomic E-state index is 0.161. The van der Waals surface area contributed by atoms with Crippen molar-refractivity contribution in [1.82, 2.24) is 20.1 Å². The Morgan fingerprint density at radius 2 is 1.90 bits per heavy atom. The number of hydrogen-bond donors (Lipinski definition) is 1. The third-order valence-electron chi connectivity index (χ3n) is 5.79. The third-order valence-corrected chi connectivity index (χ3v) is 5.79. The Kier molecular flexibility index (Phi) is 6.86. The van der Waals surface area contributed by atoms with Crippen molar-refractivity contribution in [2.45, 2.75) is 13.0 Å². The quantitative estimate of drug-likeness (QED) is 0.593. The topological polar surface area (TPSA) is 69.4 Å². The number of aryl methyl sites for hydroxylation is 1. The van der Waals surface area contributed by atoms with Crippen molar-refractivity contribution < 1.29 is 9.15 Å². The lowest BCUT2D eigenvalue weighted by Gasteiger charge is -2.38. The van der Waals surface area contributed by atoms with Gasteiger partial charge < -0.3 is 24.3 Å². The highest BCUT2D eigenvalue weighted by atomic mass is 16.5. The number of nitrogens with zero attached hydrogens (tertiary/aromatic N) is 5. The van der Waals surface area contributed by atoms with Crippen LogP contribution >= 0.6 is 0 Å². The molecule has 0 amide bonds. The molecule has 1 unspecified atom stereocenters. The molecule has 30 heavy (non-hydrogen) atoms. The van der Waals surface area contributed by atoms with Crippen molar-refractivity contribution in [1.29, 1.82) is 0 Å². The largest absolute Gasteiger partial charge is 0.465 e. The zero-order chi connectivity index (χ0) is 20.8. The fourth-order valence-corrected chi connectivity index (χ4v) is 4.14. The molecular weight excluding hydrogens is 380 g/mol. The standard InChI is InChI=1S/C22H32N6O2/c1-18-6-7-20(30-18)19(26-13-15-29-16-14-26)17-25-22(23-2)28-11-9-27(10-12-28)21-5-3-4-8-24-21/h3-8,19H,9-17H2,1-2H3,(H,23,25). The van der Waals surface area contributed by atoms with E-state index >= 15 is 0 Å². The van der Waals surface area contributed by atoms with Gasteiger partial charge in [-0.1, -0.05) is 6.07 Å². The average Bonchev–Trinajstić information content (AvgIpc) is 3.24. The van der Waals surface area contributed by atoms with Gasteiger partial charge in [-0.05, 0) is 31.2 Å². The summed E-state index contributed by atoms with van der Waals surface area (Å²) in [6, 6.07) is 10.4. The highest BCUT2D eigenvalue weighted by Gasteiger charge is 2.27. The minimum absolute atomic E-state index is 0.161. The van der Waals surface area contributed by atoms with Crippen LogP contribution in [-0.2, 0) is 4.74 Å². The molecule has 2 aliphatic heterocycles. The summed E-state index contributed by atoms with van der Waals surface area (Å²) in [7, 11) is 1.86. The fourth-order valence-electron chi connectivity index (χ4n) is 4.14. The molecule has 2 aromatic heterocycles. The Labute approximate surface area is 178 Å². The van der Waals surface area contributed by atoms with Crippen LogP contribution in [0.4, 0.5) is 5.82 Å². The van der Waals surface area contributed by atoms with Gasteiger partial charge in [-0.2, -0.15) is 0 Å². The molecule has 2 fully saturated rings. The second-order valence-corrected chi connectivity index (χ2v) is 7.70. The van der Waals surface area contributed by atoms with Crippen LogP contribution in [-0.4, -0.2) is 86.8 Å². The van der Waals surface area contributed by atoms with Gasteiger partial charge in [0.2, 0.25) is 0 Å². The van der Waals surface area contributed by atoms with Crippen LogP contribution in [0.3, 0.4) is 0 Å². The van der Waals surface area contributed by atoms with Gasteiger partial charge in [-0.3, -0.25) is 9.89 Å². The van der Waals surface area contributed by atoms with Gasteiger partial charge in [0.1, 0.15) is 17.3 Å². The molecule has 2 aliphatic rings. The first kappa shape index (κ1) is 20.7. The molecule has 162 valence electrons. The molecule has 0 aromatic carbocycles. The zero-order valence-corrected chi connectivity index (χ0v) is 18.0. The summed E-state index contributed by atoms with van der Waals surface area (Å²) in [5, 5.41) is 3.60. The average molecular weight is 413 g/mol. The Hall–Kier alpha value is -2.58. The summed E-state index contributed by atoms with van der Waals surface area (Å²) in [5.41, 5.74) is 0. The molecule has 2 saturated heterocycles. The number of aromatic nitrogens is 1. The van der Waals surface area contributed by atoms with Crippen LogP contribution in [0.5, 0.6) is 0 Å². The summed E-state index contributed by atoms with van der Waals surface area (Å²) < 4.78 is 11.5. The normalized spacial score (nSPS) is 19.7. The molecule has 8 heteroatoms. The first-order valence-corrected chi connectivity index (χ1v) is 10.7. The van der Waals surface area contributed by atoms with E-state index in [0.717, 1.165) is 82.3 Å². The maximum absolute atomic E-state index is 5.98. The fraction of sp³-hybridized carbons (Fsp3) is 0.545. The van der Waals surface area contributed by atoms with E-state index in [4.69, 9.17) is 9.15 Å². The van der Waals surface area contributed by atoms with Crippen LogP contribution in [0, 0.1) is 6.92 Å². The van der Waals surface area contributed by atoms with E-state index in [1.807, 2.05) is 38.4 Å². The van der Waals surface area contributed by atoms with E-state index in [-0.39, 0.29) is 6.04 Å². The minimum Gasteiger partial charge on any atom is -0.465 e. The maximum Gasteiger partial charge on any atom is 0.193 e. The molecule has 0 radical (unpaired) electrons. The van der Waals surface area contributed by atoms with Gasteiger partial charge >= 0.3 is 0 Å². The van der Waals surface area contributed by atoms with Gasteiger partial charge in [0.15, 0.2) is 5.96 Å². The van der Waals surface area contributed by atoms with Gasteiger partial charge in [0.05, 0.1) is 19.3 Å². The lowest BCUT2D eigenvalue weighted by atomic mass is 10.1. The first-order chi connectivity index (χ1) is 14.7. The summed E-state index contributed by atoms with van der Waals surface area (Å²) in [4.78, 5) is 16.1. The number of ether oxygens (including phenoxy) is 1. The van der Waals surface area contributed by atoms with Gasteiger partial charge in [-0.25, -0.2) is 4.98 Å². The second kappa shape index (κ2) is 9.95. The third kappa shape index (κ3) is 4.94. The molecule has 4 heterocycles. The van der Waals surface area contributed by atoms with Gasteiger partial charge in [0.25, 0.3) is 0 Å². The summed E-state index contributed by atoms with van der Waals surface area (Å²) in [6.45, 7) is 9.79. The predicted octanol–water partition coefficient (Wildman–Crippen LogP) is 1.75. The van der Waals surface area contributed by atoms with E-state index in [2.05, 4.69) is 42.1 Å². The van der Waals surface area contributed by atoms with E-state index < -0.39 is 0 Å². The Morgan fingerprint density at radius 3 is 2.53 bits per heavy atom. The monoisotopic (exact) mass is 412 g/mol. The molecule has 2 aromatic rings. The van der Waals surface area contributed by atoms with Crippen molar-refractivity contribution in [2.75, 3.05) is 71.0 Å². The summed E-state index contributed by atoms with van der Waals surface area (Å²) in [5.74, 6) is 3.92. The number of piperazine rings is 1. The van der Waals surface area contributed by atoms with Gasteiger partial charge in [0, 0.05) is 59.1 Å².